The summed E-state index contributed by atoms with van der Waals surface area (Å²) in [5.74, 6) is -1.33. The summed E-state index contributed by atoms with van der Waals surface area (Å²) >= 11 is 1.41. The molecule has 5 heterocycles. The van der Waals surface area contributed by atoms with Crippen LogP contribution in [-0.2, 0) is 0 Å². The van der Waals surface area contributed by atoms with Crippen LogP contribution in [-0.4, -0.2) is 75.6 Å². The number of rotatable bonds is 3. The number of aryl methyl sites for hydroxylation is 1. The van der Waals surface area contributed by atoms with Crippen molar-refractivity contribution < 1.29 is 13.6 Å². The minimum atomic E-state index is -2.71. The number of hydrogen-bond acceptors (Lipinski definition) is 9. The van der Waals surface area contributed by atoms with Crippen molar-refractivity contribution in [1.29, 1.82) is 0 Å². The predicted octanol–water partition coefficient (Wildman–Crippen LogP) is 3.35. The third-order valence-corrected chi connectivity index (χ3v) is 7.13. The molecule has 0 unspecified atom stereocenters. The van der Waals surface area contributed by atoms with E-state index in [1.54, 1.807) is 34.4 Å². The molecule has 2 aliphatic heterocycles. The zero-order valence-electron chi connectivity index (χ0n) is 19.5. The number of amides is 2. The van der Waals surface area contributed by atoms with E-state index in [0.717, 1.165) is 4.83 Å². The fraction of sp³-hybridized carbons (Fsp3) is 0.500. The molecule has 13 heteroatoms. The summed E-state index contributed by atoms with van der Waals surface area (Å²) in [6.45, 7) is 5.52. The number of anilines is 4. The molecular formula is C22H27F2N9OS. The Bertz CT molecular complexity index is 1250. The number of carbonyl (C=O) groups is 1. The molecule has 3 N–H and O–H groups in total. The lowest BCUT2D eigenvalue weighted by atomic mass is 10.1. The van der Waals surface area contributed by atoms with Gasteiger partial charge in [-0.25, -0.2) is 28.5 Å². The van der Waals surface area contributed by atoms with Crippen LogP contribution >= 0.6 is 11.3 Å². The zero-order chi connectivity index (χ0) is 24.7. The molecule has 1 atom stereocenters. The van der Waals surface area contributed by atoms with Crippen LogP contribution in [0, 0.1) is 6.92 Å². The molecule has 2 saturated heterocycles. The number of alkyl halides is 2. The number of nitrogens with one attached hydrogen (secondary N) is 1. The molecular weight excluding hydrogens is 476 g/mol. The van der Waals surface area contributed by atoms with Crippen LogP contribution in [0.2, 0.25) is 0 Å². The van der Waals surface area contributed by atoms with Gasteiger partial charge in [-0.1, -0.05) is 0 Å². The maximum Gasteiger partial charge on any atom is 0.322 e. The average molecular weight is 504 g/mol. The highest BCUT2D eigenvalue weighted by atomic mass is 32.1. The summed E-state index contributed by atoms with van der Waals surface area (Å²) in [7, 11) is 0. The van der Waals surface area contributed by atoms with Gasteiger partial charge in [0.1, 0.15) is 11.3 Å². The van der Waals surface area contributed by atoms with Crippen molar-refractivity contribution in [3.63, 3.8) is 0 Å². The van der Waals surface area contributed by atoms with Gasteiger partial charge in [0.15, 0.2) is 10.6 Å². The molecule has 0 radical (unpaired) electrons. The van der Waals surface area contributed by atoms with Crippen LogP contribution in [0.4, 0.5) is 36.8 Å². The third kappa shape index (κ3) is 4.77. The average Bonchev–Trinajstić information content (AvgIpc) is 3.27. The number of pyridine rings is 1. The van der Waals surface area contributed by atoms with E-state index >= 15 is 0 Å². The number of halogens is 2. The van der Waals surface area contributed by atoms with Crippen LogP contribution in [0.3, 0.4) is 0 Å². The zero-order valence-corrected chi connectivity index (χ0v) is 20.4. The number of aromatic nitrogens is 4. The molecule has 5 rings (SSSR count). The molecule has 0 aliphatic carbocycles. The molecule has 3 aromatic heterocycles. The Morgan fingerprint density at radius 2 is 2.06 bits per heavy atom. The molecule has 0 spiro atoms. The minimum absolute atomic E-state index is 0.0175. The number of piperidine rings is 1. The van der Waals surface area contributed by atoms with Gasteiger partial charge in [0.25, 0.3) is 5.92 Å². The number of carbonyl (C=O) groups excluding carboxylic acids is 1. The third-order valence-electron chi connectivity index (χ3n) is 6.41. The van der Waals surface area contributed by atoms with E-state index in [-0.39, 0.29) is 31.0 Å². The van der Waals surface area contributed by atoms with Crippen LogP contribution in [0.1, 0.15) is 25.5 Å². The monoisotopic (exact) mass is 503 g/mol. The molecule has 2 amide bonds. The van der Waals surface area contributed by atoms with Crippen molar-refractivity contribution >= 4 is 51.0 Å². The number of thiazole rings is 1. The standard InChI is InChI=1S/C22H27F2N9OS/c1-13-10-31(8-9-33(13)18-17-19(35-12-26-17)30-20(25)29-18)21(34)28-15-4-5-16(27-14(15)2)32-7-3-6-22(23,24)11-32/h4-5,12-13H,3,6-11H2,1-2H3,(H,28,34)(H2,25,29,30)/t13-/m0/s1. The normalized spacial score (nSPS) is 20.3. The maximum atomic E-state index is 13.8. The minimum Gasteiger partial charge on any atom is -0.368 e. The fourth-order valence-corrected chi connectivity index (χ4v) is 5.29. The number of nitrogens with zero attached hydrogens (tertiary/aromatic N) is 7. The van der Waals surface area contributed by atoms with Gasteiger partial charge >= 0.3 is 6.03 Å². The Hall–Kier alpha value is -3.35. The quantitative estimate of drug-likeness (QED) is 0.559. The van der Waals surface area contributed by atoms with E-state index in [9.17, 15) is 13.6 Å². The van der Waals surface area contributed by atoms with Gasteiger partial charge in [0.05, 0.1) is 23.4 Å². The van der Waals surface area contributed by atoms with Crippen LogP contribution < -0.4 is 20.9 Å². The number of hydrogen-bond donors (Lipinski definition) is 2. The lowest BCUT2D eigenvalue weighted by Crippen LogP contribution is -2.55. The number of fused-ring (bicyclic) bond motifs is 1. The largest absolute Gasteiger partial charge is 0.368 e. The molecule has 186 valence electrons. The molecule has 10 nitrogen and oxygen atoms in total. The second kappa shape index (κ2) is 9.02. The van der Waals surface area contributed by atoms with Crippen LogP contribution in [0.25, 0.3) is 10.3 Å². The van der Waals surface area contributed by atoms with Gasteiger partial charge < -0.3 is 25.8 Å². The summed E-state index contributed by atoms with van der Waals surface area (Å²) in [5, 5.41) is 2.92. The first kappa shape index (κ1) is 23.4. The first-order valence-corrected chi connectivity index (χ1v) is 12.4. The van der Waals surface area contributed by atoms with E-state index in [0.29, 0.717) is 61.1 Å². The molecule has 0 bridgehead atoms. The first-order chi connectivity index (χ1) is 16.7. The van der Waals surface area contributed by atoms with Gasteiger partial charge in [-0.15, -0.1) is 11.3 Å². The molecule has 2 fully saturated rings. The summed E-state index contributed by atoms with van der Waals surface area (Å²) in [4.78, 5) is 36.7. The van der Waals surface area contributed by atoms with Crippen molar-refractivity contribution in [2.24, 2.45) is 0 Å². The smallest absolute Gasteiger partial charge is 0.322 e. The van der Waals surface area contributed by atoms with Gasteiger partial charge in [0, 0.05) is 38.6 Å². The lowest BCUT2D eigenvalue weighted by Gasteiger charge is -2.40. The SMILES string of the molecule is Cc1nc(N2CCCC(F)(F)C2)ccc1NC(=O)N1CCN(c2nc(N)nc3scnc23)[C@@H](C)C1. The summed E-state index contributed by atoms with van der Waals surface area (Å²) in [6.07, 6.45) is 0.327. The van der Waals surface area contributed by atoms with E-state index in [1.165, 1.54) is 11.3 Å². The maximum absolute atomic E-state index is 13.8. The summed E-state index contributed by atoms with van der Waals surface area (Å²) < 4.78 is 27.6. The number of nitrogens with two attached hydrogens (primary N) is 1. The van der Waals surface area contributed by atoms with E-state index in [4.69, 9.17) is 5.73 Å². The molecule has 2 aliphatic rings. The Balaban J connectivity index is 1.24. The first-order valence-electron chi connectivity index (χ1n) is 11.5. The molecule has 0 aromatic carbocycles. The Kier molecular flexibility index (Phi) is 6.03. The molecule has 0 saturated carbocycles. The van der Waals surface area contributed by atoms with Crippen molar-refractivity contribution in [2.45, 2.75) is 38.7 Å². The summed E-state index contributed by atoms with van der Waals surface area (Å²) in [6, 6.07) is 3.16. The van der Waals surface area contributed by atoms with E-state index < -0.39 is 5.92 Å². The predicted molar refractivity (Wildman–Crippen MR) is 132 cm³/mol. The van der Waals surface area contributed by atoms with Crippen molar-refractivity contribution in [2.75, 3.05) is 53.6 Å². The highest BCUT2D eigenvalue weighted by molar-refractivity contribution is 7.16. The number of urea groups is 1. The van der Waals surface area contributed by atoms with Crippen molar-refractivity contribution in [3.8, 4) is 0 Å². The van der Waals surface area contributed by atoms with E-state index in [2.05, 4.69) is 30.2 Å². The summed E-state index contributed by atoms with van der Waals surface area (Å²) in [5.41, 5.74) is 9.46. The van der Waals surface area contributed by atoms with Crippen molar-refractivity contribution in [1.82, 2.24) is 24.8 Å². The second-order valence-corrected chi connectivity index (χ2v) is 9.85. The Morgan fingerprint density at radius 3 is 2.80 bits per heavy atom. The molecule has 3 aromatic rings. The van der Waals surface area contributed by atoms with Crippen molar-refractivity contribution in [3.05, 3.63) is 23.3 Å². The highest BCUT2D eigenvalue weighted by Gasteiger charge is 2.36. The van der Waals surface area contributed by atoms with Gasteiger partial charge in [-0.3, -0.25) is 0 Å². The lowest BCUT2D eigenvalue weighted by molar-refractivity contribution is -0.0118. The topological polar surface area (TPSA) is 116 Å². The fourth-order valence-electron chi connectivity index (χ4n) is 4.63. The second-order valence-electron chi connectivity index (χ2n) is 9.01. The highest BCUT2D eigenvalue weighted by Crippen LogP contribution is 2.31. The number of nitrogen functional groups attached to an aromatic ring is 1. The number of piperazine rings is 1. The van der Waals surface area contributed by atoms with E-state index in [1.807, 2.05) is 6.92 Å². The van der Waals surface area contributed by atoms with Gasteiger partial charge in [-0.05, 0) is 32.4 Å². The molecule has 35 heavy (non-hydrogen) atoms. The Morgan fingerprint density at radius 1 is 1.23 bits per heavy atom. The van der Waals surface area contributed by atoms with Gasteiger partial charge in [0.2, 0.25) is 5.95 Å². The van der Waals surface area contributed by atoms with Crippen LogP contribution in [0.15, 0.2) is 17.6 Å². The van der Waals surface area contributed by atoms with Crippen LogP contribution in [0.5, 0.6) is 0 Å². The Labute approximate surface area is 205 Å². The van der Waals surface area contributed by atoms with Gasteiger partial charge in [-0.2, -0.15) is 4.98 Å².